The van der Waals surface area contributed by atoms with Crippen LogP contribution in [-0.4, -0.2) is 29.2 Å². The van der Waals surface area contributed by atoms with Crippen LogP contribution in [0.1, 0.15) is 24.0 Å². The van der Waals surface area contributed by atoms with Crippen LogP contribution < -0.4 is 5.73 Å². The SMILES string of the molecule is CC(N)(C(=O)O)C(=O)OCC1c2ccccc2-c2ccccc21. The Kier molecular flexibility index (Phi) is 3.66. The number of ether oxygens (including phenoxy) is 1. The molecule has 3 rings (SSSR count). The van der Waals surface area contributed by atoms with E-state index in [9.17, 15) is 9.59 Å². The molecule has 1 atom stereocenters. The van der Waals surface area contributed by atoms with Gasteiger partial charge in [-0.1, -0.05) is 48.5 Å². The maximum absolute atomic E-state index is 12.0. The monoisotopic (exact) mass is 311 g/mol. The lowest BCUT2D eigenvalue weighted by Gasteiger charge is -2.20. The normalized spacial score (nSPS) is 15.4. The van der Waals surface area contributed by atoms with E-state index in [1.54, 1.807) is 0 Å². The molecule has 5 heteroatoms. The first-order valence-corrected chi connectivity index (χ1v) is 7.30. The highest BCUT2D eigenvalue weighted by Gasteiger charge is 2.39. The molecule has 0 saturated heterocycles. The summed E-state index contributed by atoms with van der Waals surface area (Å²) < 4.78 is 5.22. The molecule has 1 aliphatic rings. The second-order valence-electron chi connectivity index (χ2n) is 5.83. The molecule has 0 saturated carbocycles. The molecular formula is C18H17NO4. The van der Waals surface area contributed by atoms with Gasteiger partial charge in [0.15, 0.2) is 0 Å². The molecule has 1 unspecified atom stereocenters. The summed E-state index contributed by atoms with van der Waals surface area (Å²) in [5, 5.41) is 8.99. The number of carbonyl (C=O) groups is 2. The van der Waals surface area contributed by atoms with E-state index in [2.05, 4.69) is 0 Å². The Morgan fingerprint density at radius 3 is 2.04 bits per heavy atom. The van der Waals surface area contributed by atoms with Crippen molar-refractivity contribution >= 4 is 11.9 Å². The highest BCUT2D eigenvalue weighted by Crippen LogP contribution is 2.44. The minimum absolute atomic E-state index is 0.0624. The Morgan fingerprint density at radius 1 is 1.09 bits per heavy atom. The zero-order valence-electron chi connectivity index (χ0n) is 12.7. The van der Waals surface area contributed by atoms with Gasteiger partial charge in [0.05, 0.1) is 0 Å². The summed E-state index contributed by atoms with van der Waals surface area (Å²) in [5.74, 6) is -2.46. The van der Waals surface area contributed by atoms with Gasteiger partial charge < -0.3 is 15.6 Å². The van der Waals surface area contributed by atoms with Crippen LogP contribution in [0, 0.1) is 0 Å². The van der Waals surface area contributed by atoms with Gasteiger partial charge in [-0.2, -0.15) is 0 Å². The van der Waals surface area contributed by atoms with Crippen LogP contribution in [0.3, 0.4) is 0 Å². The lowest BCUT2D eigenvalue weighted by atomic mass is 9.98. The molecule has 0 aromatic heterocycles. The van der Waals surface area contributed by atoms with Crippen molar-refractivity contribution in [2.45, 2.75) is 18.4 Å². The molecule has 0 spiro atoms. The van der Waals surface area contributed by atoms with Crippen molar-refractivity contribution in [1.29, 1.82) is 0 Å². The summed E-state index contributed by atoms with van der Waals surface area (Å²) in [6.45, 7) is 1.20. The summed E-state index contributed by atoms with van der Waals surface area (Å²) >= 11 is 0. The minimum Gasteiger partial charge on any atom is -0.479 e. The third kappa shape index (κ3) is 2.49. The number of aliphatic carboxylic acids is 1. The quantitative estimate of drug-likeness (QED) is 0.667. The maximum Gasteiger partial charge on any atom is 0.337 e. The van der Waals surface area contributed by atoms with Crippen molar-refractivity contribution < 1.29 is 19.4 Å². The Bertz CT molecular complexity index is 737. The van der Waals surface area contributed by atoms with E-state index in [-0.39, 0.29) is 12.5 Å². The van der Waals surface area contributed by atoms with Gasteiger partial charge in [-0.05, 0) is 29.2 Å². The third-order valence-electron chi connectivity index (χ3n) is 4.21. The van der Waals surface area contributed by atoms with Gasteiger partial charge in [-0.25, -0.2) is 9.59 Å². The van der Waals surface area contributed by atoms with Crippen molar-refractivity contribution in [3.05, 3.63) is 59.7 Å². The summed E-state index contributed by atoms with van der Waals surface area (Å²) in [6, 6.07) is 15.8. The maximum atomic E-state index is 12.0. The average molecular weight is 311 g/mol. The highest BCUT2D eigenvalue weighted by atomic mass is 16.5. The van der Waals surface area contributed by atoms with E-state index in [1.807, 2.05) is 48.5 Å². The molecule has 23 heavy (non-hydrogen) atoms. The molecule has 0 radical (unpaired) electrons. The van der Waals surface area contributed by atoms with Gasteiger partial charge in [0, 0.05) is 5.92 Å². The largest absolute Gasteiger partial charge is 0.479 e. The van der Waals surface area contributed by atoms with E-state index in [1.165, 1.54) is 0 Å². The first-order valence-electron chi connectivity index (χ1n) is 7.30. The van der Waals surface area contributed by atoms with Crippen LogP contribution in [0.2, 0.25) is 0 Å². The molecule has 5 nitrogen and oxygen atoms in total. The second kappa shape index (κ2) is 5.52. The number of benzene rings is 2. The van der Waals surface area contributed by atoms with Crippen LogP contribution in [0.15, 0.2) is 48.5 Å². The van der Waals surface area contributed by atoms with Gasteiger partial charge in [-0.3, -0.25) is 0 Å². The van der Waals surface area contributed by atoms with Crippen LogP contribution in [0.4, 0.5) is 0 Å². The van der Waals surface area contributed by atoms with Crippen molar-refractivity contribution in [3.63, 3.8) is 0 Å². The minimum atomic E-state index is -2.04. The van der Waals surface area contributed by atoms with E-state index < -0.39 is 17.5 Å². The van der Waals surface area contributed by atoms with Crippen LogP contribution in [0.5, 0.6) is 0 Å². The number of hydrogen-bond acceptors (Lipinski definition) is 4. The fraction of sp³-hybridized carbons (Fsp3) is 0.222. The lowest BCUT2D eigenvalue weighted by Crippen LogP contribution is -2.53. The van der Waals surface area contributed by atoms with Gasteiger partial charge in [0.25, 0.3) is 0 Å². The van der Waals surface area contributed by atoms with Crippen molar-refractivity contribution in [2.75, 3.05) is 6.61 Å². The van der Waals surface area contributed by atoms with Crippen LogP contribution in [-0.2, 0) is 14.3 Å². The molecule has 0 heterocycles. The number of carboxylic acid groups (broad SMARTS) is 1. The predicted molar refractivity (Wildman–Crippen MR) is 84.9 cm³/mol. The lowest BCUT2D eigenvalue weighted by molar-refractivity contribution is -0.160. The van der Waals surface area contributed by atoms with Crippen molar-refractivity contribution in [2.24, 2.45) is 5.73 Å². The fourth-order valence-electron chi connectivity index (χ4n) is 2.84. The molecular weight excluding hydrogens is 294 g/mol. The third-order valence-corrected chi connectivity index (χ3v) is 4.21. The molecule has 0 fully saturated rings. The van der Waals surface area contributed by atoms with E-state index in [4.69, 9.17) is 15.6 Å². The first-order chi connectivity index (χ1) is 10.9. The molecule has 0 bridgehead atoms. The highest BCUT2D eigenvalue weighted by molar-refractivity contribution is 6.03. The number of carbonyl (C=O) groups excluding carboxylic acids is 1. The Labute approximate surface area is 133 Å². The van der Waals surface area contributed by atoms with Crippen molar-refractivity contribution in [1.82, 2.24) is 0 Å². The number of carboxylic acids is 1. The number of nitrogens with two attached hydrogens (primary N) is 1. The Hall–Kier alpha value is -2.66. The molecule has 3 N–H and O–H groups in total. The van der Waals surface area contributed by atoms with Gasteiger partial charge >= 0.3 is 11.9 Å². The first kappa shape index (κ1) is 15.2. The van der Waals surface area contributed by atoms with Gasteiger partial charge in [0.2, 0.25) is 5.54 Å². The van der Waals surface area contributed by atoms with E-state index >= 15 is 0 Å². The zero-order valence-corrected chi connectivity index (χ0v) is 12.7. The fourth-order valence-corrected chi connectivity index (χ4v) is 2.84. The number of rotatable bonds is 4. The summed E-state index contributed by atoms with van der Waals surface area (Å²) in [5.41, 5.74) is 7.81. The molecule has 2 aromatic rings. The van der Waals surface area contributed by atoms with E-state index in [0.29, 0.717) is 0 Å². The molecule has 118 valence electrons. The Balaban J connectivity index is 1.87. The standard InChI is InChI=1S/C18H17NO4/c1-18(19,16(20)21)17(22)23-10-15-13-8-4-2-6-11(13)12-7-3-5-9-14(12)15/h2-9,15H,10,19H2,1H3,(H,20,21). The average Bonchev–Trinajstić information content (AvgIpc) is 2.86. The number of fused-ring (bicyclic) bond motifs is 3. The second-order valence-corrected chi connectivity index (χ2v) is 5.83. The van der Waals surface area contributed by atoms with Crippen LogP contribution >= 0.6 is 0 Å². The van der Waals surface area contributed by atoms with Crippen molar-refractivity contribution in [3.8, 4) is 11.1 Å². The molecule has 1 aliphatic carbocycles. The van der Waals surface area contributed by atoms with E-state index in [0.717, 1.165) is 29.2 Å². The number of hydrogen-bond donors (Lipinski definition) is 2. The topological polar surface area (TPSA) is 89.6 Å². The summed E-state index contributed by atoms with van der Waals surface area (Å²) in [7, 11) is 0. The smallest absolute Gasteiger partial charge is 0.337 e. The molecule has 0 aliphatic heterocycles. The zero-order chi connectivity index (χ0) is 16.6. The van der Waals surface area contributed by atoms with Gasteiger partial charge in [-0.15, -0.1) is 0 Å². The van der Waals surface area contributed by atoms with Gasteiger partial charge in [0.1, 0.15) is 6.61 Å². The summed E-state index contributed by atoms with van der Waals surface area (Å²) in [4.78, 5) is 23.0. The molecule has 2 aromatic carbocycles. The molecule has 0 amide bonds. The summed E-state index contributed by atoms with van der Waals surface area (Å²) in [6.07, 6.45) is 0. The number of esters is 1. The van der Waals surface area contributed by atoms with Crippen LogP contribution in [0.25, 0.3) is 11.1 Å². The Morgan fingerprint density at radius 2 is 1.57 bits per heavy atom. The predicted octanol–water partition coefficient (Wildman–Crippen LogP) is 2.14.